The lowest BCUT2D eigenvalue weighted by Crippen LogP contribution is -2.55. The Labute approximate surface area is 592 Å². The summed E-state index contributed by atoms with van der Waals surface area (Å²) in [6.07, 6.45) is 7.34. The van der Waals surface area contributed by atoms with E-state index < -0.39 is 66.8 Å². The zero-order chi connectivity index (χ0) is 70.9. The number of fused-ring (bicyclic) bond motifs is 31. The van der Waals surface area contributed by atoms with Gasteiger partial charge >= 0.3 is 0 Å². The van der Waals surface area contributed by atoms with E-state index in [0.29, 0.717) is 65.7 Å². The number of nitrogens with zero attached hydrogens (tertiary/aromatic N) is 4. The van der Waals surface area contributed by atoms with Crippen molar-refractivity contribution in [2.24, 2.45) is 23.5 Å². The van der Waals surface area contributed by atoms with Crippen molar-refractivity contribution in [3.05, 3.63) is 179 Å². The lowest BCUT2D eigenvalue weighted by molar-refractivity contribution is -0.138. The first-order valence-electron chi connectivity index (χ1n) is 35.4. The van der Waals surface area contributed by atoms with Gasteiger partial charge in [0.15, 0.2) is 11.5 Å². The highest BCUT2D eigenvalue weighted by atomic mass is 32.2. The third-order valence-corrected chi connectivity index (χ3v) is 19.5. The average Bonchev–Trinajstić information content (AvgIpc) is 1.83. The molecular weight excluding hydrogens is 1280 g/mol. The number of hydrogen-bond acceptors (Lipinski definition) is 12. The Morgan fingerprint density at radius 2 is 1.04 bits per heavy atom. The second kappa shape index (κ2) is 37.8. The van der Waals surface area contributed by atoms with E-state index in [9.17, 15) is 28.8 Å². The summed E-state index contributed by atoms with van der Waals surface area (Å²) in [6, 6.07) is 42.3. The van der Waals surface area contributed by atoms with E-state index in [1.54, 1.807) is 30.3 Å². The number of primary amides is 1. The number of ether oxygens (including phenoxy) is 2. The van der Waals surface area contributed by atoms with Gasteiger partial charge in [-0.05, 0) is 113 Å². The number of hydrogen-bond donors (Lipinski definition) is 5. The first-order chi connectivity index (χ1) is 48.2. The third-order valence-electron chi connectivity index (χ3n) is 18.5. The predicted molar refractivity (Wildman–Crippen MR) is 389 cm³/mol. The van der Waals surface area contributed by atoms with Gasteiger partial charge in [-0.1, -0.05) is 181 Å². The first-order valence-corrected chi connectivity index (χ1v) is 36.6. The van der Waals surface area contributed by atoms with Crippen LogP contribution >= 0.6 is 11.8 Å². The smallest absolute Gasteiger partial charge is 0.251 e. The van der Waals surface area contributed by atoms with E-state index in [1.165, 1.54) is 31.4 Å². The molecule has 1 aliphatic carbocycles. The molecule has 4 atom stereocenters. The van der Waals surface area contributed by atoms with Crippen LogP contribution in [0.2, 0.25) is 0 Å². The average molecular weight is 1380 g/mol. The summed E-state index contributed by atoms with van der Waals surface area (Å²) < 4.78 is 11.2. The SMILES string of the molecule is CC(C)C[C@H]1CN(CC(N)=O)C(=O)CCSCc2ccc(cc2)C(=O)N[C@@H](Cc2ccccc2)CN(C(=O)Cc2ccc3ccccc3c2)CC(=O)N[C@@H](CC(C)C)CN(C(=O)CCC2CCCCC2)CC(=O)N[C@@H](Cc2ccccc2)CN(C(=O)Cc2ccc3c(c2)OCO3)CC(=O)N1. The van der Waals surface area contributed by atoms with Crippen LogP contribution in [-0.4, -0.2) is 162 Å². The van der Waals surface area contributed by atoms with Crippen molar-refractivity contribution in [2.45, 2.75) is 148 Å². The van der Waals surface area contributed by atoms with Crippen LogP contribution in [0, 0.1) is 17.8 Å². The Morgan fingerprint density at radius 1 is 0.530 bits per heavy atom. The fraction of sp³-hybridized carbons (Fsp3) is 0.456. The Kier molecular flexibility index (Phi) is 28.3. The van der Waals surface area contributed by atoms with Gasteiger partial charge < -0.3 is 56.1 Å². The minimum Gasteiger partial charge on any atom is -0.454 e. The minimum atomic E-state index is -0.816. The molecule has 2 bridgehead atoms. The van der Waals surface area contributed by atoms with E-state index in [2.05, 4.69) is 21.3 Å². The number of rotatable bonds is 17. The Bertz CT molecular complexity index is 3740. The molecule has 0 radical (unpaired) electrons. The molecule has 21 heteroatoms. The number of carbonyl (C=O) groups excluding carboxylic acids is 9. The Hall–Kier alpha value is -9.24. The molecular formula is C79H99N9O11S. The molecule has 9 amide bonds. The molecule has 1 fully saturated rings. The van der Waals surface area contributed by atoms with E-state index in [1.807, 2.05) is 143 Å². The summed E-state index contributed by atoms with van der Waals surface area (Å²) in [5.41, 5.74) is 10.1. The van der Waals surface area contributed by atoms with Gasteiger partial charge in [-0.25, -0.2) is 0 Å². The van der Waals surface area contributed by atoms with Crippen molar-refractivity contribution in [1.29, 1.82) is 0 Å². The van der Waals surface area contributed by atoms with Gasteiger partial charge in [-0.3, -0.25) is 43.2 Å². The lowest BCUT2D eigenvalue weighted by Gasteiger charge is -2.33. The van der Waals surface area contributed by atoms with Crippen molar-refractivity contribution < 1.29 is 52.6 Å². The lowest BCUT2D eigenvalue weighted by atomic mass is 9.86. The van der Waals surface area contributed by atoms with E-state index in [4.69, 9.17) is 15.2 Å². The molecule has 0 unspecified atom stereocenters. The van der Waals surface area contributed by atoms with Crippen LogP contribution in [0.3, 0.4) is 0 Å². The summed E-state index contributed by atoms with van der Waals surface area (Å²) in [5, 5.41) is 14.7. The van der Waals surface area contributed by atoms with Crippen molar-refractivity contribution in [3.63, 3.8) is 0 Å². The molecule has 3 heterocycles. The summed E-state index contributed by atoms with van der Waals surface area (Å²) in [6.45, 7) is 6.11. The van der Waals surface area contributed by atoms with Crippen LogP contribution in [0.15, 0.2) is 146 Å². The van der Waals surface area contributed by atoms with E-state index in [0.717, 1.165) is 65.1 Å². The monoisotopic (exact) mass is 1380 g/mol. The molecule has 532 valence electrons. The number of thioether (sulfide) groups is 1. The molecule has 100 heavy (non-hydrogen) atoms. The fourth-order valence-electron chi connectivity index (χ4n) is 13.7. The van der Waals surface area contributed by atoms with Gasteiger partial charge in [0.2, 0.25) is 54.1 Å². The maximum Gasteiger partial charge on any atom is 0.251 e. The molecule has 3 aliphatic heterocycles. The highest BCUT2D eigenvalue weighted by Crippen LogP contribution is 2.33. The van der Waals surface area contributed by atoms with Crippen molar-refractivity contribution in [1.82, 2.24) is 40.9 Å². The number of nitrogens with two attached hydrogens (primary N) is 1. The zero-order valence-corrected chi connectivity index (χ0v) is 59.2. The predicted octanol–water partition coefficient (Wildman–Crippen LogP) is 8.98. The van der Waals surface area contributed by atoms with Crippen molar-refractivity contribution in [3.8, 4) is 11.5 Å². The number of amides is 9. The summed E-state index contributed by atoms with van der Waals surface area (Å²) in [7, 11) is 0. The van der Waals surface area contributed by atoms with Crippen LogP contribution in [0.5, 0.6) is 11.5 Å². The van der Waals surface area contributed by atoms with Crippen LogP contribution in [-0.2, 0) is 69.8 Å². The maximum absolute atomic E-state index is 15.1. The van der Waals surface area contributed by atoms with Crippen LogP contribution in [0.4, 0.5) is 0 Å². The fourth-order valence-corrected chi connectivity index (χ4v) is 14.6. The summed E-state index contributed by atoms with van der Waals surface area (Å²) in [5.74, 6) is -1.78. The molecule has 6 N–H and O–H groups in total. The van der Waals surface area contributed by atoms with Crippen molar-refractivity contribution >= 4 is 75.7 Å². The topological polar surface area (TPSA) is 259 Å². The molecule has 0 spiro atoms. The van der Waals surface area contributed by atoms with Gasteiger partial charge in [0.1, 0.15) is 0 Å². The molecule has 6 aromatic carbocycles. The highest BCUT2D eigenvalue weighted by molar-refractivity contribution is 7.98. The zero-order valence-electron chi connectivity index (χ0n) is 58.3. The molecule has 6 aromatic rings. The molecule has 4 aliphatic rings. The normalized spacial score (nSPS) is 19.5. The van der Waals surface area contributed by atoms with Gasteiger partial charge in [-0.15, -0.1) is 0 Å². The number of carbonyl (C=O) groups is 9. The third kappa shape index (κ3) is 24.3. The largest absolute Gasteiger partial charge is 0.454 e. The molecule has 0 aromatic heterocycles. The second-order valence-electron chi connectivity index (χ2n) is 27.9. The Balaban J connectivity index is 1.07. The Morgan fingerprint density at radius 3 is 1.63 bits per heavy atom. The van der Waals surface area contributed by atoms with Gasteiger partial charge in [0.25, 0.3) is 5.91 Å². The minimum absolute atomic E-state index is 0.00452. The molecule has 0 saturated heterocycles. The van der Waals surface area contributed by atoms with Crippen LogP contribution in [0.25, 0.3) is 10.8 Å². The highest BCUT2D eigenvalue weighted by Gasteiger charge is 2.32. The van der Waals surface area contributed by atoms with Crippen LogP contribution in [0.1, 0.15) is 130 Å². The first kappa shape index (κ1) is 75.0. The van der Waals surface area contributed by atoms with E-state index in [-0.39, 0.29) is 114 Å². The van der Waals surface area contributed by atoms with E-state index >= 15 is 14.4 Å². The van der Waals surface area contributed by atoms with Gasteiger partial charge in [-0.2, -0.15) is 11.8 Å². The molecule has 20 nitrogen and oxygen atoms in total. The molecule has 1 saturated carbocycles. The molecule has 10 rings (SSSR count). The summed E-state index contributed by atoms with van der Waals surface area (Å²) in [4.78, 5) is 137. The van der Waals surface area contributed by atoms with Gasteiger partial charge in [0.05, 0.1) is 51.1 Å². The number of nitrogens with one attached hydrogen (secondary N) is 4. The quantitative estimate of drug-likeness (QED) is 0.0536. The number of benzene rings is 6. The summed E-state index contributed by atoms with van der Waals surface area (Å²) >= 11 is 1.50. The van der Waals surface area contributed by atoms with Crippen LogP contribution < -0.4 is 36.5 Å². The standard InChI is InChI=1S/C79H99N9O11S/c1-54(2)36-65-44-85(48-71(80)89)76(94)34-35-100-52-59-24-30-63(31-25-59)79(97)84-68(40-58-20-12-7-13-21-58)47-88(77(95)42-60-26-29-62-22-14-15-23-64(62)38-60)51-74(92)82-66(37-55(3)4)45-86(75(93)33-28-56-16-8-5-9-17-56)49-72(90)83-67(39-57-18-10-6-11-19-57)46-87(50-73(91)81-65)78(96)43-61-27-32-69-70(41-61)99-53-98-69/h6-7,10-15,18-27,29-32,38,41,54-56,65-68H,5,8-9,16-17,28,33-37,39-40,42-53H2,1-4H3,(H2,80,89)(H,81,91)(H,82,92)(H,83,90)(H,84,97)/t65-,66-,67-,68-/m0/s1. The van der Waals surface area contributed by atoms with Gasteiger partial charge in [0, 0.05) is 68.2 Å². The second-order valence-corrected chi connectivity index (χ2v) is 29.0. The maximum atomic E-state index is 15.1. The van der Waals surface area contributed by atoms with Crippen molar-refractivity contribution in [2.75, 3.05) is 64.9 Å².